The molecule has 1 N–H and O–H groups in total. The van der Waals surface area contributed by atoms with Gasteiger partial charge in [0.15, 0.2) is 0 Å². The molecule has 0 aliphatic carbocycles. The number of nitro groups is 2. The van der Waals surface area contributed by atoms with E-state index in [2.05, 4.69) is 5.32 Å². The average Bonchev–Trinajstić information content (AvgIpc) is 2.53. The Balaban J connectivity index is 2.17. The van der Waals surface area contributed by atoms with Crippen LogP contribution in [0.2, 0.25) is 5.02 Å². The van der Waals surface area contributed by atoms with Gasteiger partial charge in [0.2, 0.25) is 0 Å². The summed E-state index contributed by atoms with van der Waals surface area (Å²) < 4.78 is 13.6. The van der Waals surface area contributed by atoms with Crippen molar-refractivity contribution in [2.45, 2.75) is 6.54 Å². The van der Waals surface area contributed by atoms with E-state index in [0.29, 0.717) is 5.56 Å². The van der Waals surface area contributed by atoms with Crippen LogP contribution in [0.4, 0.5) is 15.8 Å². The zero-order chi connectivity index (χ0) is 17.9. The van der Waals surface area contributed by atoms with E-state index < -0.39 is 32.8 Å². The molecule has 0 aromatic heterocycles. The first-order valence-corrected chi connectivity index (χ1v) is 6.82. The van der Waals surface area contributed by atoms with Gasteiger partial charge in [-0.25, -0.2) is 4.39 Å². The molecule has 0 aliphatic rings. The van der Waals surface area contributed by atoms with Crippen molar-refractivity contribution in [2.24, 2.45) is 0 Å². The molecule has 0 atom stereocenters. The van der Waals surface area contributed by atoms with Crippen LogP contribution in [0.1, 0.15) is 15.9 Å². The van der Waals surface area contributed by atoms with Crippen LogP contribution >= 0.6 is 11.6 Å². The van der Waals surface area contributed by atoms with Crippen LogP contribution in [0, 0.1) is 26.0 Å². The summed E-state index contributed by atoms with van der Waals surface area (Å²) in [6.07, 6.45) is 0. The number of nitro benzene ring substituents is 2. The van der Waals surface area contributed by atoms with Crippen LogP contribution in [0.5, 0.6) is 0 Å². The van der Waals surface area contributed by atoms with Crippen LogP contribution < -0.4 is 5.32 Å². The molecule has 0 saturated heterocycles. The number of hydrogen-bond donors (Lipinski definition) is 1. The Morgan fingerprint density at radius 1 is 1.12 bits per heavy atom. The largest absolute Gasteiger partial charge is 0.348 e. The molecule has 2 aromatic carbocycles. The molecule has 1 amide bonds. The van der Waals surface area contributed by atoms with Gasteiger partial charge in [-0.05, 0) is 17.7 Å². The lowest BCUT2D eigenvalue weighted by Gasteiger charge is -2.07. The van der Waals surface area contributed by atoms with Crippen molar-refractivity contribution in [2.75, 3.05) is 0 Å². The summed E-state index contributed by atoms with van der Waals surface area (Å²) in [5.41, 5.74) is -0.883. The van der Waals surface area contributed by atoms with E-state index >= 15 is 0 Å². The van der Waals surface area contributed by atoms with Gasteiger partial charge in [0.05, 0.1) is 15.4 Å². The maximum Gasteiger partial charge on any atom is 0.288 e. The van der Waals surface area contributed by atoms with E-state index in [1.807, 2.05) is 0 Å². The van der Waals surface area contributed by atoms with E-state index in [0.717, 1.165) is 18.2 Å². The highest BCUT2D eigenvalue weighted by molar-refractivity contribution is 6.32. The minimum atomic E-state index is -0.916. The summed E-state index contributed by atoms with van der Waals surface area (Å²) in [5.74, 6) is -1.80. The fraction of sp³-hybridized carbons (Fsp3) is 0.0714. The van der Waals surface area contributed by atoms with Crippen LogP contribution in [-0.4, -0.2) is 15.8 Å². The second-order valence-electron chi connectivity index (χ2n) is 4.65. The molecular formula is C14H9ClFN3O5. The molecule has 0 unspecified atom stereocenters. The standard InChI is InChI=1S/C14H9ClFN3O5/c15-11-3-1-8(5-13(11)19(23)24)7-17-14(20)10-6-9(18(21)22)2-4-12(10)16/h1-6H,7H2,(H,17,20). The maximum atomic E-state index is 13.6. The third kappa shape index (κ3) is 3.82. The van der Waals surface area contributed by atoms with E-state index in [1.54, 1.807) is 0 Å². The second-order valence-corrected chi connectivity index (χ2v) is 5.05. The van der Waals surface area contributed by atoms with Gasteiger partial charge in [-0.1, -0.05) is 17.7 Å². The first-order valence-electron chi connectivity index (χ1n) is 6.44. The summed E-state index contributed by atoms with van der Waals surface area (Å²) in [6.45, 7) is -0.140. The smallest absolute Gasteiger partial charge is 0.288 e. The fourth-order valence-corrected chi connectivity index (χ4v) is 2.07. The third-order valence-electron chi connectivity index (χ3n) is 3.07. The van der Waals surface area contributed by atoms with E-state index in [-0.39, 0.29) is 17.3 Å². The van der Waals surface area contributed by atoms with Gasteiger partial charge in [0.1, 0.15) is 10.8 Å². The first-order chi connectivity index (χ1) is 11.3. The van der Waals surface area contributed by atoms with Gasteiger partial charge in [-0.2, -0.15) is 0 Å². The molecule has 0 bridgehead atoms. The van der Waals surface area contributed by atoms with Crippen molar-refractivity contribution in [1.29, 1.82) is 0 Å². The van der Waals surface area contributed by atoms with E-state index in [9.17, 15) is 29.4 Å². The SMILES string of the molecule is O=C(NCc1ccc(Cl)c([N+](=O)[O-])c1)c1cc([N+](=O)[O-])ccc1F. The van der Waals surface area contributed by atoms with Gasteiger partial charge in [0, 0.05) is 24.7 Å². The lowest BCUT2D eigenvalue weighted by molar-refractivity contribution is -0.385. The molecule has 0 fully saturated rings. The lowest BCUT2D eigenvalue weighted by atomic mass is 10.1. The van der Waals surface area contributed by atoms with Gasteiger partial charge < -0.3 is 5.32 Å². The molecule has 124 valence electrons. The summed E-state index contributed by atoms with van der Waals surface area (Å²) in [5, 5.41) is 23.8. The van der Waals surface area contributed by atoms with Gasteiger partial charge in [0.25, 0.3) is 17.3 Å². The van der Waals surface area contributed by atoms with Crippen LogP contribution in [-0.2, 0) is 6.54 Å². The molecule has 0 saturated carbocycles. The molecule has 0 spiro atoms. The molecule has 2 aromatic rings. The Bertz CT molecular complexity index is 843. The molecule has 10 heteroatoms. The monoisotopic (exact) mass is 353 g/mol. The minimum Gasteiger partial charge on any atom is -0.348 e. The number of benzene rings is 2. The van der Waals surface area contributed by atoms with Crippen molar-refractivity contribution < 1.29 is 19.0 Å². The first kappa shape index (κ1) is 17.3. The summed E-state index contributed by atoms with van der Waals surface area (Å²) in [7, 11) is 0. The van der Waals surface area contributed by atoms with Gasteiger partial charge >= 0.3 is 0 Å². The molecule has 24 heavy (non-hydrogen) atoms. The second kappa shape index (κ2) is 7.01. The number of nitrogens with one attached hydrogen (secondary N) is 1. The average molecular weight is 354 g/mol. The molecule has 0 aliphatic heterocycles. The van der Waals surface area contributed by atoms with Gasteiger partial charge in [-0.15, -0.1) is 0 Å². The Hall–Kier alpha value is -3.07. The Morgan fingerprint density at radius 3 is 2.46 bits per heavy atom. The van der Waals surface area contributed by atoms with Crippen molar-refractivity contribution in [3.8, 4) is 0 Å². The summed E-state index contributed by atoms with van der Waals surface area (Å²) in [6, 6.07) is 6.50. The molecule has 0 heterocycles. The number of rotatable bonds is 5. The van der Waals surface area contributed by atoms with Crippen LogP contribution in [0.25, 0.3) is 0 Å². The Labute approximate surface area is 139 Å². The molecular weight excluding hydrogens is 345 g/mol. The Kier molecular flexibility index (Phi) is 5.05. The topological polar surface area (TPSA) is 115 Å². The number of carbonyl (C=O) groups excluding carboxylic acids is 1. The normalized spacial score (nSPS) is 10.2. The predicted octanol–water partition coefficient (Wildman–Crippen LogP) is 3.23. The van der Waals surface area contributed by atoms with Crippen LogP contribution in [0.3, 0.4) is 0 Å². The van der Waals surface area contributed by atoms with Crippen molar-refractivity contribution in [3.05, 3.63) is 78.6 Å². The minimum absolute atomic E-state index is 0.0557. The zero-order valence-corrected chi connectivity index (χ0v) is 12.6. The molecule has 8 nitrogen and oxygen atoms in total. The number of non-ortho nitro benzene ring substituents is 1. The highest BCUT2D eigenvalue weighted by atomic mass is 35.5. The van der Waals surface area contributed by atoms with E-state index in [4.69, 9.17) is 11.6 Å². The molecule has 2 rings (SSSR count). The third-order valence-corrected chi connectivity index (χ3v) is 3.39. The number of nitrogens with zero attached hydrogens (tertiary/aromatic N) is 2. The molecule has 0 radical (unpaired) electrons. The fourth-order valence-electron chi connectivity index (χ4n) is 1.89. The Morgan fingerprint density at radius 2 is 1.83 bits per heavy atom. The number of hydrogen-bond acceptors (Lipinski definition) is 5. The number of amides is 1. The highest BCUT2D eigenvalue weighted by Crippen LogP contribution is 2.25. The zero-order valence-electron chi connectivity index (χ0n) is 11.9. The predicted molar refractivity (Wildman–Crippen MR) is 82.3 cm³/mol. The lowest BCUT2D eigenvalue weighted by Crippen LogP contribution is -2.24. The highest BCUT2D eigenvalue weighted by Gasteiger charge is 2.17. The quantitative estimate of drug-likeness (QED) is 0.654. The number of carbonyl (C=O) groups is 1. The van der Waals surface area contributed by atoms with Gasteiger partial charge in [-0.3, -0.25) is 25.0 Å². The summed E-state index contributed by atoms with van der Waals surface area (Å²) >= 11 is 5.68. The maximum absolute atomic E-state index is 13.6. The van der Waals surface area contributed by atoms with Crippen molar-refractivity contribution >= 4 is 28.9 Å². The van der Waals surface area contributed by atoms with E-state index in [1.165, 1.54) is 18.2 Å². The number of halogens is 2. The summed E-state index contributed by atoms with van der Waals surface area (Å²) in [4.78, 5) is 32.0. The van der Waals surface area contributed by atoms with Crippen molar-refractivity contribution in [1.82, 2.24) is 5.32 Å². The van der Waals surface area contributed by atoms with Crippen LogP contribution in [0.15, 0.2) is 36.4 Å². The van der Waals surface area contributed by atoms with Crippen molar-refractivity contribution in [3.63, 3.8) is 0 Å².